The second-order valence-corrected chi connectivity index (χ2v) is 10.8. The molecule has 2 aromatic heterocycles. The molecule has 1 aromatic carbocycles. The van der Waals surface area contributed by atoms with Crippen molar-refractivity contribution in [2.24, 2.45) is 16.2 Å². The van der Waals surface area contributed by atoms with Gasteiger partial charge < -0.3 is 5.32 Å². The van der Waals surface area contributed by atoms with Gasteiger partial charge in [0.05, 0.1) is 16.1 Å². The number of sulfonamides is 1. The zero-order chi connectivity index (χ0) is 23.4. The first-order valence-electron chi connectivity index (χ1n) is 11.3. The summed E-state index contributed by atoms with van der Waals surface area (Å²) in [5.41, 5.74) is 2.60. The Morgan fingerprint density at radius 1 is 1.12 bits per heavy atom. The van der Waals surface area contributed by atoms with Crippen molar-refractivity contribution in [3.63, 3.8) is 0 Å². The van der Waals surface area contributed by atoms with Crippen molar-refractivity contribution in [2.45, 2.75) is 56.4 Å². The standard InChI is InChI=1S/C23H29N7O2S/c1-15(2)20-23(11-5-4-6-12-23)30-19(29(3)28-20)13-16-14-25-22(27-21(16)30)26-17-7-9-18(10-8-17)33(24,31)32/h7-10,13-15H,4-6,11-12H2,1-3H3,(H2,24,31,32)(H,25,26,27). The van der Waals surface area contributed by atoms with Crippen molar-refractivity contribution in [2.75, 3.05) is 17.4 Å². The highest BCUT2D eigenvalue weighted by molar-refractivity contribution is 7.89. The number of hydrazone groups is 1. The van der Waals surface area contributed by atoms with Gasteiger partial charge in [-0.1, -0.05) is 33.1 Å². The largest absolute Gasteiger partial charge is 0.324 e. The van der Waals surface area contributed by atoms with E-state index in [-0.39, 0.29) is 10.4 Å². The molecule has 1 aliphatic carbocycles. The minimum absolute atomic E-state index is 0.0628. The van der Waals surface area contributed by atoms with Gasteiger partial charge >= 0.3 is 0 Å². The van der Waals surface area contributed by atoms with Crippen LogP contribution in [0.5, 0.6) is 0 Å². The van der Waals surface area contributed by atoms with Crippen molar-refractivity contribution in [3.05, 3.63) is 36.5 Å². The highest BCUT2D eigenvalue weighted by Gasteiger charge is 2.45. The van der Waals surface area contributed by atoms with Crippen LogP contribution in [-0.2, 0) is 15.6 Å². The zero-order valence-corrected chi connectivity index (χ0v) is 19.9. The molecule has 5 rings (SSSR count). The molecule has 33 heavy (non-hydrogen) atoms. The van der Waals surface area contributed by atoms with Crippen molar-refractivity contribution in [1.29, 1.82) is 0 Å². The fraction of sp³-hybridized carbons (Fsp3) is 0.435. The first-order chi connectivity index (χ1) is 15.7. The van der Waals surface area contributed by atoms with Crippen molar-refractivity contribution < 1.29 is 8.42 Å². The maximum Gasteiger partial charge on any atom is 0.238 e. The third-order valence-corrected chi connectivity index (χ3v) is 7.61. The third-order valence-electron chi connectivity index (χ3n) is 6.68. The Morgan fingerprint density at radius 2 is 1.82 bits per heavy atom. The third kappa shape index (κ3) is 3.67. The van der Waals surface area contributed by atoms with Gasteiger partial charge in [0.1, 0.15) is 11.5 Å². The number of fused-ring (bicyclic) bond motifs is 4. The minimum atomic E-state index is -3.74. The van der Waals surface area contributed by atoms with E-state index in [9.17, 15) is 8.42 Å². The number of hydrogen-bond donors (Lipinski definition) is 2. The Morgan fingerprint density at radius 3 is 2.45 bits per heavy atom. The first-order valence-corrected chi connectivity index (χ1v) is 12.9. The van der Waals surface area contributed by atoms with Gasteiger partial charge in [0.15, 0.2) is 0 Å². The molecule has 10 heteroatoms. The van der Waals surface area contributed by atoms with Crippen LogP contribution in [0.15, 0.2) is 46.5 Å². The highest BCUT2D eigenvalue weighted by Crippen LogP contribution is 2.46. The molecular formula is C23H29N7O2S. The molecule has 0 radical (unpaired) electrons. The minimum Gasteiger partial charge on any atom is -0.324 e. The molecule has 174 valence electrons. The van der Waals surface area contributed by atoms with Gasteiger partial charge in [-0.05, 0) is 49.1 Å². The Hall–Kier alpha value is -2.98. The maximum absolute atomic E-state index is 11.5. The van der Waals surface area contributed by atoms with E-state index in [1.54, 1.807) is 12.1 Å². The van der Waals surface area contributed by atoms with Crippen LogP contribution in [0.1, 0.15) is 46.0 Å². The van der Waals surface area contributed by atoms with E-state index in [4.69, 9.17) is 15.2 Å². The van der Waals surface area contributed by atoms with Gasteiger partial charge in [-0.25, -0.2) is 18.5 Å². The number of nitrogens with zero attached hydrogens (tertiary/aromatic N) is 5. The summed E-state index contributed by atoms with van der Waals surface area (Å²) in [5, 5.41) is 16.3. The fourth-order valence-corrected chi connectivity index (χ4v) is 5.76. The van der Waals surface area contributed by atoms with Crippen LogP contribution in [0.3, 0.4) is 0 Å². The summed E-state index contributed by atoms with van der Waals surface area (Å²) >= 11 is 0. The quantitative estimate of drug-likeness (QED) is 0.600. The lowest BCUT2D eigenvalue weighted by Crippen LogP contribution is -2.50. The SMILES string of the molecule is CC(C)C1=NN(C)c2cc3cnc(Nc4ccc(S(N)(=O)=O)cc4)nc3n2C12CCCCC2. The summed E-state index contributed by atoms with van der Waals surface area (Å²) in [6.45, 7) is 4.43. The molecule has 0 amide bonds. The summed E-state index contributed by atoms with van der Waals surface area (Å²) in [4.78, 5) is 9.47. The molecule has 0 atom stereocenters. The number of aromatic nitrogens is 3. The van der Waals surface area contributed by atoms with Crippen LogP contribution in [0.4, 0.5) is 17.5 Å². The van der Waals surface area contributed by atoms with Gasteiger partial charge in [0, 0.05) is 24.3 Å². The first kappa shape index (κ1) is 21.8. The number of nitrogens with two attached hydrogens (primary N) is 1. The molecule has 1 saturated carbocycles. The van der Waals surface area contributed by atoms with Crippen LogP contribution < -0.4 is 15.5 Å². The van der Waals surface area contributed by atoms with E-state index in [0.717, 1.165) is 29.7 Å². The number of rotatable bonds is 4. The summed E-state index contributed by atoms with van der Waals surface area (Å²) in [6.07, 6.45) is 7.51. The molecule has 2 aliphatic rings. The predicted molar refractivity (Wildman–Crippen MR) is 130 cm³/mol. The number of primary sulfonamides is 1. The molecule has 0 saturated heterocycles. The summed E-state index contributed by atoms with van der Waals surface area (Å²) < 4.78 is 25.4. The van der Waals surface area contributed by atoms with Crippen LogP contribution in [0.25, 0.3) is 11.0 Å². The van der Waals surface area contributed by atoms with Gasteiger partial charge in [-0.3, -0.25) is 9.58 Å². The van der Waals surface area contributed by atoms with Crippen molar-refractivity contribution >= 4 is 44.2 Å². The summed E-state index contributed by atoms with van der Waals surface area (Å²) in [5.74, 6) is 1.81. The molecule has 3 aromatic rings. The van der Waals surface area contributed by atoms with Crippen molar-refractivity contribution in [3.8, 4) is 0 Å². The van der Waals surface area contributed by atoms with Gasteiger partial charge in [0.2, 0.25) is 16.0 Å². The molecule has 3 heterocycles. The van der Waals surface area contributed by atoms with E-state index in [1.165, 1.54) is 37.1 Å². The summed E-state index contributed by atoms with van der Waals surface area (Å²) in [7, 11) is -1.75. The number of benzene rings is 1. The van der Waals surface area contributed by atoms with Crippen molar-refractivity contribution in [1.82, 2.24) is 14.5 Å². The number of nitrogens with one attached hydrogen (secondary N) is 1. The summed E-state index contributed by atoms with van der Waals surface area (Å²) in [6, 6.07) is 8.35. The second-order valence-electron chi connectivity index (χ2n) is 9.26. The molecule has 9 nitrogen and oxygen atoms in total. The predicted octanol–water partition coefficient (Wildman–Crippen LogP) is 3.94. The van der Waals surface area contributed by atoms with Crippen LogP contribution in [0, 0.1) is 5.92 Å². The average Bonchev–Trinajstić information content (AvgIpc) is 3.17. The van der Waals surface area contributed by atoms with Gasteiger partial charge in [-0.15, -0.1) is 0 Å². The Bertz CT molecular complexity index is 1340. The van der Waals surface area contributed by atoms with E-state index >= 15 is 0 Å². The van der Waals surface area contributed by atoms with E-state index < -0.39 is 10.0 Å². The van der Waals surface area contributed by atoms with E-state index in [2.05, 4.69) is 34.8 Å². The van der Waals surface area contributed by atoms with Gasteiger partial charge in [-0.2, -0.15) is 10.1 Å². The van der Waals surface area contributed by atoms with Crippen LogP contribution in [-0.4, -0.2) is 35.7 Å². The normalized spacial score (nSPS) is 18.0. The second kappa shape index (κ2) is 7.81. The molecule has 1 fully saturated rings. The Balaban J connectivity index is 1.59. The van der Waals surface area contributed by atoms with Gasteiger partial charge in [0.25, 0.3) is 0 Å². The van der Waals surface area contributed by atoms with Crippen LogP contribution >= 0.6 is 0 Å². The lowest BCUT2D eigenvalue weighted by Gasteiger charge is -2.46. The Kier molecular flexibility index (Phi) is 5.17. The topological polar surface area (TPSA) is 118 Å². The smallest absolute Gasteiger partial charge is 0.238 e. The maximum atomic E-state index is 11.5. The average molecular weight is 468 g/mol. The lowest BCUT2D eigenvalue weighted by molar-refractivity contribution is 0.274. The molecule has 1 aliphatic heterocycles. The molecule has 0 bridgehead atoms. The van der Waals surface area contributed by atoms with E-state index in [0.29, 0.717) is 17.6 Å². The van der Waals surface area contributed by atoms with E-state index in [1.807, 2.05) is 18.3 Å². The fourth-order valence-electron chi connectivity index (χ4n) is 5.24. The molecular weight excluding hydrogens is 438 g/mol. The lowest BCUT2D eigenvalue weighted by atomic mass is 9.74. The molecule has 0 unspecified atom stereocenters. The number of hydrogen-bond acceptors (Lipinski definition) is 7. The molecule has 1 spiro atoms. The zero-order valence-electron chi connectivity index (χ0n) is 19.1. The molecule has 3 N–H and O–H groups in total. The van der Waals surface area contributed by atoms with Crippen LogP contribution in [0.2, 0.25) is 0 Å². The highest BCUT2D eigenvalue weighted by atomic mass is 32.2. The number of anilines is 3. The Labute approximate surface area is 193 Å². The monoisotopic (exact) mass is 467 g/mol.